The van der Waals surface area contributed by atoms with Crippen LogP contribution in [0.15, 0.2) is 12.7 Å². The summed E-state index contributed by atoms with van der Waals surface area (Å²) in [6, 6.07) is 0.503. The number of ether oxygens (including phenoxy) is 1. The van der Waals surface area contributed by atoms with Crippen molar-refractivity contribution in [3.05, 3.63) is 12.7 Å². The van der Waals surface area contributed by atoms with Gasteiger partial charge in [0.05, 0.1) is 13.2 Å². The lowest BCUT2D eigenvalue weighted by Gasteiger charge is -2.34. The topological polar surface area (TPSA) is 63.5 Å². The van der Waals surface area contributed by atoms with Crippen molar-refractivity contribution < 1.29 is 9.53 Å². The van der Waals surface area contributed by atoms with Gasteiger partial charge in [0.1, 0.15) is 12.7 Å². The Bertz CT molecular complexity index is 487. The Balaban J connectivity index is 1.48. The molecule has 3 rings (SSSR count). The second-order valence-electron chi connectivity index (χ2n) is 6.44. The highest BCUT2D eigenvalue weighted by Crippen LogP contribution is 2.26. The molecule has 2 unspecified atom stereocenters. The zero-order valence-corrected chi connectivity index (χ0v) is 13.9. The fraction of sp³-hybridized carbons (Fsp3) is 0.812. The molecule has 1 amide bonds. The van der Waals surface area contributed by atoms with Gasteiger partial charge in [-0.25, -0.2) is 4.98 Å². The van der Waals surface area contributed by atoms with E-state index in [2.05, 4.69) is 26.8 Å². The van der Waals surface area contributed by atoms with Crippen molar-refractivity contribution in [3.63, 3.8) is 0 Å². The van der Waals surface area contributed by atoms with E-state index in [0.717, 1.165) is 58.8 Å². The number of hydrogen-bond acceptors (Lipinski definition) is 5. The monoisotopic (exact) mass is 321 g/mol. The summed E-state index contributed by atoms with van der Waals surface area (Å²) in [5, 5.41) is 4.07. The zero-order valence-electron chi connectivity index (χ0n) is 13.9. The smallest absolute Gasteiger partial charge is 0.222 e. The molecule has 0 aliphatic carbocycles. The molecule has 0 aromatic carbocycles. The molecule has 2 atom stereocenters. The summed E-state index contributed by atoms with van der Waals surface area (Å²) in [5.74, 6) is 0.867. The first-order chi connectivity index (χ1) is 11.3. The molecule has 2 aliphatic rings. The highest BCUT2D eigenvalue weighted by Gasteiger charge is 2.37. The van der Waals surface area contributed by atoms with Gasteiger partial charge in [-0.05, 0) is 12.3 Å². The second kappa shape index (κ2) is 7.88. The van der Waals surface area contributed by atoms with Crippen molar-refractivity contribution in [1.82, 2.24) is 24.6 Å². The van der Waals surface area contributed by atoms with Gasteiger partial charge in [0.25, 0.3) is 0 Å². The van der Waals surface area contributed by atoms with Gasteiger partial charge in [0.15, 0.2) is 0 Å². The minimum Gasteiger partial charge on any atom is -0.379 e. The molecule has 7 heteroatoms. The molecule has 0 spiro atoms. The van der Waals surface area contributed by atoms with Crippen LogP contribution >= 0.6 is 0 Å². The minimum atomic E-state index is 0.277. The summed E-state index contributed by atoms with van der Waals surface area (Å²) < 4.78 is 7.24. The van der Waals surface area contributed by atoms with Crippen LogP contribution in [-0.2, 0) is 16.1 Å². The molecule has 3 heterocycles. The maximum atomic E-state index is 12.5. The van der Waals surface area contributed by atoms with Gasteiger partial charge in [-0.3, -0.25) is 14.4 Å². The Hall–Kier alpha value is -1.47. The van der Waals surface area contributed by atoms with Crippen molar-refractivity contribution in [2.45, 2.75) is 38.8 Å². The molecule has 0 N–H and O–H groups in total. The van der Waals surface area contributed by atoms with Crippen molar-refractivity contribution in [1.29, 1.82) is 0 Å². The van der Waals surface area contributed by atoms with E-state index in [0.29, 0.717) is 18.4 Å². The number of rotatable bonds is 6. The Morgan fingerprint density at radius 1 is 1.30 bits per heavy atom. The minimum absolute atomic E-state index is 0.277. The lowest BCUT2D eigenvalue weighted by molar-refractivity contribution is -0.130. The first kappa shape index (κ1) is 16.4. The summed E-state index contributed by atoms with van der Waals surface area (Å²) in [6.07, 6.45) is 5.76. The fourth-order valence-electron chi connectivity index (χ4n) is 3.68. The van der Waals surface area contributed by atoms with Gasteiger partial charge < -0.3 is 9.64 Å². The van der Waals surface area contributed by atoms with Crippen molar-refractivity contribution >= 4 is 5.91 Å². The Morgan fingerprint density at radius 2 is 2.13 bits per heavy atom. The number of hydrogen-bond donors (Lipinski definition) is 0. The van der Waals surface area contributed by atoms with Crippen LogP contribution in [0.5, 0.6) is 0 Å². The average molecular weight is 321 g/mol. The number of amides is 1. The van der Waals surface area contributed by atoms with Crippen LogP contribution in [0.25, 0.3) is 0 Å². The first-order valence-electron chi connectivity index (χ1n) is 8.70. The second-order valence-corrected chi connectivity index (χ2v) is 6.44. The Kier molecular flexibility index (Phi) is 5.61. The summed E-state index contributed by atoms with van der Waals surface area (Å²) in [5.41, 5.74) is 0. The Labute approximate surface area is 137 Å². The van der Waals surface area contributed by atoms with Crippen LogP contribution in [0.3, 0.4) is 0 Å². The van der Waals surface area contributed by atoms with E-state index in [-0.39, 0.29) is 5.91 Å². The highest BCUT2D eigenvalue weighted by atomic mass is 16.5. The Morgan fingerprint density at radius 3 is 2.83 bits per heavy atom. The van der Waals surface area contributed by atoms with Crippen molar-refractivity contribution in [3.8, 4) is 0 Å². The van der Waals surface area contributed by atoms with Gasteiger partial charge in [0.2, 0.25) is 5.91 Å². The number of carbonyl (C=O) groups excluding carboxylic acids is 1. The number of carbonyl (C=O) groups is 1. The molecule has 0 saturated carbocycles. The van der Waals surface area contributed by atoms with E-state index >= 15 is 0 Å². The molecule has 0 radical (unpaired) electrons. The highest BCUT2D eigenvalue weighted by molar-refractivity contribution is 5.76. The van der Waals surface area contributed by atoms with Crippen LogP contribution in [0.1, 0.15) is 26.2 Å². The van der Waals surface area contributed by atoms with Crippen LogP contribution in [0.2, 0.25) is 0 Å². The van der Waals surface area contributed by atoms with Crippen LogP contribution in [0.4, 0.5) is 0 Å². The molecule has 23 heavy (non-hydrogen) atoms. The quantitative estimate of drug-likeness (QED) is 0.769. The maximum Gasteiger partial charge on any atom is 0.222 e. The summed E-state index contributed by atoms with van der Waals surface area (Å²) in [6.45, 7) is 8.39. The molecule has 0 bridgehead atoms. The van der Waals surface area contributed by atoms with Gasteiger partial charge in [0, 0.05) is 45.2 Å². The number of aryl methyl sites for hydroxylation is 1. The molecule has 2 saturated heterocycles. The lowest BCUT2D eigenvalue weighted by Crippen LogP contribution is -2.47. The lowest BCUT2D eigenvalue weighted by atomic mass is 9.99. The van der Waals surface area contributed by atoms with Gasteiger partial charge in [-0.1, -0.05) is 13.3 Å². The number of morpholine rings is 1. The molecular weight excluding hydrogens is 294 g/mol. The molecule has 1 aromatic heterocycles. The van der Waals surface area contributed by atoms with E-state index in [1.165, 1.54) is 6.33 Å². The largest absolute Gasteiger partial charge is 0.379 e. The average Bonchev–Trinajstić information content (AvgIpc) is 3.25. The third kappa shape index (κ3) is 4.09. The van der Waals surface area contributed by atoms with Crippen LogP contribution in [0, 0.1) is 5.92 Å². The number of nitrogens with zero attached hydrogens (tertiary/aromatic N) is 5. The van der Waals surface area contributed by atoms with Gasteiger partial charge in [-0.15, -0.1) is 0 Å². The van der Waals surface area contributed by atoms with E-state index < -0.39 is 0 Å². The van der Waals surface area contributed by atoms with Crippen molar-refractivity contribution in [2.75, 3.05) is 39.4 Å². The summed E-state index contributed by atoms with van der Waals surface area (Å²) >= 11 is 0. The number of likely N-dealkylation sites (tertiary alicyclic amines) is 1. The van der Waals surface area contributed by atoms with Crippen LogP contribution in [-0.4, -0.2) is 75.9 Å². The predicted molar refractivity (Wildman–Crippen MR) is 85.8 cm³/mol. The predicted octanol–water partition coefficient (Wildman–Crippen LogP) is 0.628. The van der Waals surface area contributed by atoms with Gasteiger partial charge >= 0.3 is 0 Å². The molecule has 1 aromatic rings. The SMILES string of the molecule is CCC1CN(C(=O)CCCn2cncn2)CC1N1CCOCC1. The molecule has 7 nitrogen and oxygen atoms in total. The standard InChI is InChI=1S/C16H27N5O2/c1-2-14-10-20(11-15(14)19-6-8-23-9-7-19)16(22)4-3-5-21-13-17-12-18-21/h12-15H,2-11H2,1H3. The summed E-state index contributed by atoms with van der Waals surface area (Å²) in [7, 11) is 0. The van der Waals surface area contributed by atoms with E-state index in [1.54, 1.807) is 11.0 Å². The molecular formula is C16H27N5O2. The van der Waals surface area contributed by atoms with Crippen molar-refractivity contribution in [2.24, 2.45) is 5.92 Å². The molecule has 2 aliphatic heterocycles. The van der Waals surface area contributed by atoms with E-state index in [1.807, 2.05) is 0 Å². The van der Waals surface area contributed by atoms with Gasteiger partial charge in [-0.2, -0.15) is 5.10 Å². The molecule has 2 fully saturated rings. The normalized spacial score (nSPS) is 25.9. The zero-order chi connectivity index (χ0) is 16.1. The third-order valence-electron chi connectivity index (χ3n) is 5.04. The summed E-state index contributed by atoms with van der Waals surface area (Å²) in [4.78, 5) is 21.0. The first-order valence-corrected chi connectivity index (χ1v) is 8.70. The molecule has 128 valence electrons. The fourth-order valence-corrected chi connectivity index (χ4v) is 3.68. The van der Waals surface area contributed by atoms with E-state index in [4.69, 9.17) is 4.74 Å². The number of aromatic nitrogens is 3. The third-order valence-corrected chi connectivity index (χ3v) is 5.04. The maximum absolute atomic E-state index is 12.5. The van der Waals surface area contributed by atoms with Crippen LogP contribution < -0.4 is 0 Å². The van der Waals surface area contributed by atoms with E-state index in [9.17, 15) is 4.79 Å².